The highest BCUT2D eigenvalue weighted by molar-refractivity contribution is 7.94. The molecule has 0 fully saturated rings. The van der Waals surface area contributed by atoms with E-state index >= 15 is 0 Å². The summed E-state index contributed by atoms with van der Waals surface area (Å²) in [6.45, 7) is 7.06. The van der Waals surface area contributed by atoms with Gasteiger partial charge in [-0.15, -0.1) is 0 Å². The molecule has 0 bridgehead atoms. The Labute approximate surface area is 233 Å². The van der Waals surface area contributed by atoms with Crippen molar-refractivity contribution in [2.45, 2.75) is 108 Å². The van der Waals surface area contributed by atoms with Crippen LogP contribution in [-0.2, 0) is 14.6 Å². The van der Waals surface area contributed by atoms with Crippen molar-refractivity contribution < 1.29 is 18.6 Å². The summed E-state index contributed by atoms with van der Waals surface area (Å²) in [4.78, 5) is 13.6. The minimum Gasteiger partial charge on any atom is -0.494 e. The molecule has 1 N–H and O–H groups in total. The van der Waals surface area contributed by atoms with Crippen LogP contribution in [0.4, 0.5) is 10.5 Å². The molecule has 0 radical (unpaired) electrons. The molecule has 1 aliphatic heterocycles. The molecule has 0 atom stereocenters. The Kier molecular flexibility index (Phi) is 12.8. The molecule has 0 aromatic heterocycles. The van der Waals surface area contributed by atoms with E-state index in [1.165, 1.54) is 43.3 Å². The lowest BCUT2D eigenvalue weighted by Crippen LogP contribution is -2.39. The number of aryl methyl sites for hydroxylation is 1. The van der Waals surface area contributed by atoms with E-state index in [9.17, 15) is 4.79 Å². The second-order valence-electron chi connectivity index (χ2n) is 10.1. The van der Waals surface area contributed by atoms with Crippen LogP contribution in [0.5, 0.6) is 5.75 Å². The molecule has 0 saturated carbocycles. The number of fused-ring (bicyclic) bond motifs is 1. The molecule has 0 spiro atoms. The molecule has 1 amide bonds. The zero-order chi connectivity index (χ0) is 27.1. The number of unbranched alkanes of at least 4 members (excludes halogenated alkanes) is 7. The van der Waals surface area contributed by atoms with Crippen LogP contribution in [0, 0.1) is 6.92 Å². The summed E-state index contributed by atoms with van der Waals surface area (Å²) < 4.78 is 17.5. The number of hydrogen-bond donors (Lipinski definition) is 1. The second-order valence-corrected chi connectivity index (χ2v) is 10.9. The number of carbonyl (C=O) groups is 1. The fraction of sp³-hybridized carbons (Fsp3) is 0.548. The molecule has 7 heteroatoms. The third-order valence-electron chi connectivity index (χ3n) is 6.89. The van der Waals surface area contributed by atoms with Gasteiger partial charge in [0.15, 0.2) is 0 Å². The zero-order valence-corrected chi connectivity index (χ0v) is 24.1. The van der Waals surface area contributed by atoms with Crippen molar-refractivity contribution >= 4 is 30.0 Å². The third kappa shape index (κ3) is 9.57. The van der Waals surface area contributed by atoms with Crippen molar-refractivity contribution in [1.29, 1.82) is 0 Å². The van der Waals surface area contributed by atoms with Gasteiger partial charge in [0.25, 0.3) is 0 Å². The highest BCUT2D eigenvalue weighted by Gasteiger charge is 2.41. The highest BCUT2D eigenvalue weighted by atomic mass is 32.2. The Morgan fingerprint density at radius 1 is 0.947 bits per heavy atom. The summed E-state index contributed by atoms with van der Waals surface area (Å²) >= 11 is 1.25. The van der Waals surface area contributed by atoms with E-state index in [1.54, 1.807) is 6.21 Å². The van der Waals surface area contributed by atoms with Gasteiger partial charge < -0.3 is 13.8 Å². The second kappa shape index (κ2) is 16.3. The molecule has 208 valence electrons. The van der Waals surface area contributed by atoms with Gasteiger partial charge in [-0.2, -0.15) is 0 Å². The third-order valence-corrected chi connectivity index (χ3v) is 7.52. The molecule has 1 aliphatic rings. The number of cyclic esters (lactones) is 1. The first kappa shape index (κ1) is 29.9. The first-order chi connectivity index (χ1) is 18.6. The van der Waals surface area contributed by atoms with Crippen LogP contribution >= 0.6 is 12.0 Å². The lowest BCUT2D eigenvalue weighted by atomic mass is 9.81. The normalized spacial score (nSPS) is 14.1. The summed E-state index contributed by atoms with van der Waals surface area (Å²) in [6.07, 6.45) is 13.9. The number of anilines is 1. The van der Waals surface area contributed by atoms with Crippen molar-refractivity contribution in [2.75, 3.05) is 11.9 Å². The molecule has 0 unspecified atom stereocenters. The monoisotopic (exact) mass is 540 g/mol. The Balaban J connectivity index is 1.55. The molecule has 3 rings (SSSR count). The van der Waals surface area contributed by atoms with Crippen LogP contribution in [0.1, 0.15) is 102 Å². The average molecular weight is 541 g/mol. The molecule has 2 aromatic carbocycles. The Morgan fingerprint density at radius 2 is 1.66 bits per heavy atom. The predicted molar refractivity (Wildman–Crippen MR) is 157 cm³/mol. The van der Waals surface area contributed by atoms with Crippen LogP contribution in [0.2, 0.25) is 0 Å². The van der Waals surface area contributed by atoms with Crippen LogP contribution in [0.15, 0.2) is 52.5 Å². The summed E-state index contributed by atoms with van der Waals surface area (Å²) in [5.41, 5.74) is 2.52. The maximum absolute atomic E-state index is 12.5. The number of oxime groups is 1. The topological polar surface area (TPSA) is 69.2 Å². The van der Waals surface area contributed by atoms with E-state index in [2.05, 4.69) is 49.4 Å². The van der Waals surface area contributed by atoms with Gasteiger partial charge in [0.1, 0.15) is 23.4 Å². The Morgan fingerprint density at radius 3 is 2.34 bits per heavy atom. The average Bonchev–Trinajstić information content (AvgIpc) is 2.92. The number of benzene rings is 2. The van der Waals surface area contributed by atoms with Crippen molar-refractivity contribution in [3.63, 3.8) is 0 Å². The molecule has 6 nitrogen and oxygen atoms in total. The number of nitrogens with one attached hydrogen (secondary N) is 1. The van der Waals surface area contributed by atoms with E-state index in [-0.39, 0.29) is 6.09 Å². The number of ether oxygens (including phenoxy) is 2. The number of rotatable bonds is 18. The molecular weight excluding hydrogens is 496 g/mol. The Hall–Kier alpha value is -2.67. The molecule has 0 aliphatic carbocycles. The predicted octanol–water partition coefficient (Wildman–Crippen LogP) is 9.56. The molecule has 0 saturated heterocycles. The zero-order valence-electron chi connectivity index (χ0n) is 23.3. The summed E-state index contributed by atoms with van der Waals surface area (Å²) in [7, 11) is 0. The maximum atomic E-state index is 12.5. The summed E-state index contributed by atoms with van der Waals surface area (Å²) in [5, 5.41) is 6.93. The smallest absolute Gasteiger partial charge is 0.412 e. The van der Waals surface area contributed by atoms with E-state index < -0.39 is 5.60 Å². The minimum atomic E-state index is -0.586. The minimum absolute atomic E-state index is 0.348. The van der Waals surface area contributed by atoms with Gasteiger partial charge in [-0.25, -0.2) is 4.79 Å². The molecule has 2 aromatic rings. The maximum Gasteiger partial charge on any atom is 0.412 e. The molecular formula is C31H44N2O4S. The van der Waals surface area contributed by atoms with Crippen molar-refractivity contribution in [2.24, 2.45) is 5.16 Å². The largest absolute Gasteiger partial charge is 0.494 e. The van der Waals surface area contributed by atoms with Crippen molar-refractivity contribution in [1.82, 2.24) is 0 Å². The van der Waals surface area contributed by atoms with Gasteiger partial charge in [-0.3, -0.25) is 5.32 Å². The van der Waals surface area contributed by atoms with Crippen molar-refractivity contribution in [3.05, 3.63) is 53.6 Å². The van der Waals surface area contributed by atoms with Crippen LogP contribution in [0.3, 0.4) is 0 Å². The lowest BCUT2D eigenvalue weighted by molar-refractivity contribution is -0.00703. The van der Waals surface area contributed by atoms with Gasteiger partial charge >= 0.3 is 6.09 Å². The quantitative estimate of drug-likeness (QED) is 0.0882. The van der Waals surface area contributed by atoms with E-state index in [0.717, 1.165) is 73.3 Å². The number of carbonyl (C=O) groups excluding carboxylic acids is 1. The van der Waals surface area contributed by atoms with E-state index in [1.807, 2.05) is 24.3 Å². The van der Waals surface area contributed by atoms with Crippen LogP contribution < -0.4 is 10.1 Å². The first-order valence-electron chi connectivity index (χ1n) is 14.3. The van der Waals surface area contributed by atoms with Crippen molar-refractivity contribution in [3.8, 4) is 5.75 Å². The van der Waals surface area contributed by atoms with E-state index in [0.29, 0.717) is 6.61 Å². The SMILES string of the molecule is CCCCCCC1(CCCCCC)OC(=O)Nc2ccc(OCCCC=NOSc3ccc(C)cc3)cc21. The van der Waals surface area contributed by atoms with Crippen LogP contribution in [0.25, 0.3) is 0 Å². The summed E-state index contributed by atoms with van der Waals surface area (Å²) in [5.74, 6) is 0.804. The number of nitrogens with zero attached hydrogens (tertiary/aromatic N) is 1. The van der Waals surface area contributed by atoms with Gasteiger partial charge in [0, 0.05) is 11.8 Å². The van der Waals surface area contributed by atoms with E-state index in [4.69, 9.17) is 13.8 Å². The number of hydrogen-bond acceptors (Lipinski definition) is 6. The van der Waals surface area contributed by atoms with Gasteiger partial charge in [0.05, 0.1) is 17.2 Å². The number of amides is 1. The fourth-order valence-electron chi connectivity index (χ4n) is 4.74. The molecule has 1 heterocycles. The fourth-order valence-corrected chi connectivity index (χ4v) is 5.18. The summed E-state index contributed by atoms with van der Waals surface area (Å²) in [6, 6.07) is 14.1. The van der Waals surface area contributed by atoms with Gasteiger partial charge in [-0.1, -0.05) is 75.2 Å². The van der Waals surface area contributed by atoms with Gasteiger partial charge in [-0.05, 0) is 75.8 Å². The highest BCUT2D eigenvalue weighted by Crippen LogP contribution is 2.45. The lowest BCUT2D eigenvalue weighted by Gasteiger charge is -2.39. The molecule has 38 heavy (non-hydrogen) atoms. The Bertz CT molecular complexity index is 997. The first-order valence-corrected chi connectivity index (χ1v) is 15.0. The van der Waals surface area contributed by atoms with Crippen LogP contribution in [-0.4, -0.2) is 18.9 Å². The standard InChI is InChI=1S/C31H44N2O4S/c1-4-6-8-10-20-31(21-11-9-7-5-2)28-24-26(16-19-29(28)33-30(34)36-31)35-23-13-12-22-32-37-38-27-17-14-25(3)15-18-27/h14-19,22,24H,4-13,20-21,23H2,1-3H3,(H,33,34). The van der Waals surface area contributed by atoms with Gasteiger partial charge in [0.2, 0.25) is 0 Å².